The van der Waals surface area contributed by atoms with E-state index in [0.29, 0.717) is 24.7 Å². The highest BCUT2D eigenvalue weighted by molar-refractivity contribution is 5.82. The third kappa shape index (κ3) is 2.34. The van der Waals surface area contributed by atoms with Gasteiger partial charge in [0.15, 0.2) is 0 Å². The van der Waals surface area contributed by atoms with Crippen molar-refractivity contribution in [3.8, 4) is 11.5 Å². The minimum absolute atomic E-state index is 0.0356. The van der Waals surface area contributed by atoms with Crippen LogP contribution in [0.3, 0.4) is 0 Å². The van der Waals surface area contributed by atoms with Gasteiger partial charge in [-0.25, -0.2) is 4.98 Å². The van der Waals surface area contributed by atoms with E-state index in [0.717, 1.165) is 12.2 Å². The Kier molecular flexibility index (Phi) is 3.00. The zero-order valence-corrected chi connectivity index (χ0v) is 10.5. The molecule has 100 valence electrons. The minimum Gasteiger partial charge on any atom is -0.353 e. The Bertz CT molecular complexity index is 590. The zero-order valence-electron chi connectivity index (χ0n) is 10.5. The molecule has 1 unspecified atom stereocenters. The Hall–Kier alpha value is -2.22. The van der Waals surface area contributed by atoms with Crippen molar-refractivity contribution < 1.29 is 9.32 Å². The van der Waals surface area contributed by atoms with Gasteiger partial charge in [-0.2, -0.15) is 4.98 Å². The van der Waals surface area contributed by atoms with E-state index in [-0.39, 0.29) is 11.9 Å². The van der Waals surface area contributed by atoms with Crippen LogP contribution in [0.2, 0.25) is 0 Å². The topological polar surface area (TPSA) is 97.9 Å². The molecular formula is C11H14N6O2. The molecule has 1 atom stereocenters. The summed E-state index contributed by atoms with van der Waals surface area (Å²) in [5, 5.41) is 9.81. The van der Waals surface area contributed by atoms with Crippen LogP contribution < -0.4 is 10.6 Å². The molecule has 0 aromatic carbocycles. The molecule has 1 amide bonds. The number of nitrogens with one attached hydrogen (secondary N) is 2. The highest BCUT2D eigenvalue weighted by Crippen LogP contribution is 2.14. The highest BCUT2D eigenvalue weighted by Gasteiger charge is 2.24. The Labute approximate surface area is 109 Å². The maximum Gasteiger partial charge on any atom is 0.237 e. The predicted octanol–water partition coefficient (Wildman–Crippen LogP) is -0.899. The average molecular weight is 262 g/mol. The Morgan fingerprint density at radius 1 is 1.53 bits per heavy atom. The largest absolute Gasteiger partial charge is 0.353 e. The van der Waals surface area contributed by atoms with Crippen LogP contribution in [0.4, 0.5) is 0 Å². The van der Waals surface area contributed by atoms with Crippen molar-refractivity contribution in [2.75, 3.05) is 13.1 Å². The van der Waals surface area contributed by atoms with E-state index in [1.54, 1.807) is 17.1 Å². The summed E-state index contributed by atoms with van der Waals surface area (Å²) in [6, 6.07) is -0.311. The fourth-order valence-corrected chi connectivity index (χ4v) is 2.00. The van der Waals surface area contributed by atoms with Crippen molar-refractivity contribution >= 4 is 5.91 Å². The number of hydrogen-bond acceptors (Lipinski definition) is 6. The number of carbonyl (C=O) groups excluding carboxylic acids is 1. The van der Waals surface area contributed by atoms with Gasteiger partial charge in [0, 0.05) is 20.1 Å². The first-order valence-corrected chi connectivity index (χ1v) is 6.04. The molecule has 0 aliphatic carbocycles. The quantitative estimate of drug-likeness (QED) is 0.744. The number of imidazole rings is 1. The Morgan fingerprint density at radius 3 is 3.16 bits per heavy atom. The van der Waals surface area contributed by atoms with Gasteiger partial charge >= 0.3 is 0 Å². The average Bonchev–Trinajstić information content (AvgIpc) is 3.01. The lowest BCUT2D eigenvalue weighted by molar-refractivity contribution is -0.124. The number of amides is 1. The van der Waals surface area contributed by atoms with Crippen LogP contribution in [0.15, 0.2) is 17.0 Å². The van der Waals surface area contributed by atoms with E-state index in [2.05, 4.69) is 25.8 Å². The van der Waals surface area contributed by atoms with Gasteiger partial charge in [0.05, 0.1) is 25.0 Å². The summed E-state index contributed by atoms with van der Waals surface area (Å²) in [4.78, 5) is 19.9. The van der Waals surface area contributed by atoms with Gasteiger partial charge in [-0.05, 0) is 0 Å². The Balaban J connectivity index is 1.75. The van der Waals surface area contributed by atoms with Crippen LogP contribution in [0.5, 0.6) is 0 Å². The standard InChI is InChI=1S/C11H14N6O2/c1-17-6-12-5-8(17)10-15-9(19-16-10)4-7-11(18)14-3-2-13-7/h5-7,13H,2-4H2,1H3,(H,14,18). The van der Waals surface area contributed by atoms with Crippen molar-refractivity contribution in [3.05, 3.63) is 18.4 Å². The van der Waals surface area contributed by atoms with Crippen LogP contribution in [0, 0.1) is 0 Å². The first kappa shape index (κ1) is 11.8. The summed E-state index contributed by atoms with van der Waals surface area (Å²) in [7, 11) is 1.86. The highest BCUT2D eigenvalue weighted by atomic mass is 16.5. The van der Waals surface area contributed by atoms with Gasteiger partial charge < -0.3 is 19.7 Å². The number of piperazine rings is 1. The van der Waals surface area contributed by atoms with E-state index < -0.39 is 0 Å². The summed E-state index contributed by atoms with van der Waals surface area (Å²) in [5.74, 6) is 0.878. The van der Waals surface area contributed by atoms with Gasteiger partial charge in [0.1, 0.15) is 5.69 Å². The molecule has 8 heteroatoms. The molecule has 1 saturated heterocycles. The van der Waals surface area contributed by atoms with Crippen LogP contribution >= 0.6 is 0 Å². The number of carbonyl (C=O) groups is 1. The third-order valence-electron chi connectivity index (χ3n) is 3.02. The molecule has 3 heterocycles. The third-order valence-corrected chi connectivity index (χ3v) is 3.02. The summed E-state index contributed by atoms with van der Waals surface area (Å²) in [6.45, 7) is 1.40. The number of rotatable bonds is 3. The van der Waals surface area contributed by atoms with Crippen molar-refractivity contribution in [1.29, 1.82) is 0 Å². The normalized spacial score (nSPS) is 19.4. The summed E-state index contributed by atoms with van der Waals surface area (Å²) in [6.07, 6.45) is 3.72. The fraction of sp³-hybridized carbons (Fsp3) is 0.455. The molecule has 19 heavy (non-hydrogen) atoms. The molecule has 2 aromatic rings. The summed E-state index contributed by atoms with van der Waals surface area (Å²) in [5.41, 5.74) is 0.774. The molecule has 1 fully saturated rings. The predicted molar refractivity (Wildman–Crippen MR) is 65.0 cm³/mol. The smallest absolute Gasteiger partial charge is 0.237 e. The molecule has 2 N–H and O–H groups in total. The van der Waals surface area contributed by atoms with Gasteiger partial charge in [-0.15, -0.1) is 0 Å². The van der Waals surface area contributed by atoms with E-state index in [1.807, 2.05) is 7.05 Å². The van der Waals surface area contributed by atoms with Crippen molar-refractivity contribution in [2.24, 2.45) is 7.05 Å². The molecule has 8 nitrogen and oxygen atoms in total. The molecule has 0 radical (unpaired) electrons. The van der Waals surface area contributed by atoms with Crippen molar-refractivity contribution in [2.45, 2.75) is 12.5 Å². The Morgan fingerprint density at radius 2 is 2.42 bits per heavy atom. The first-order valence-electron chi connectivity index (χ1n) is 6.04. The van der Waals surface area contributed by atoms with Crippen molar-refractivity contribution in [1.82, 2.24) is 30.3 Å². The van der Waals surface area contributed by atoms with E-state index in [4.69, 9.17) is 4.52 Å². The SMILES string of the molecule is Cn1cncc1-c1noc(CC2NCCNC2=O)n1. The second kappa shape index (κ2) is 4.81. The maximum atomic E-state index is 11.6. The lowest BCUT2D eigenvalue weighted by Gasteiger charge is -2.21. The second-order valence-electron chi connectivity index (χ2n) is 4.40. The van der Waals surface area contributed by atoms with E-state index in [1.165, 1.54) is 0 Å². The number of hydrogen-bond donors (Lipinski definition) is 2. The minimum atomic E-state index is -0.311. The number of nitrogens with zero attached hydrogens (tertiary/aromatic N) is 4. The molecule has 0 bridgehead atoms. The second-order valence-corrected chi connectivity index (χ2v) is 4.40. The van der Waals surface area contributed by atoms with E-state index >= 15 is 0 Å². The van der Waals surface area contributed by atoms with Crippen LogP contribution in [-0.4, -0.2) is 44.7 Å². The molecule has 0 spiro atoms. The number of aryl methyl sites for hydroxylation is 1. The lowest BCUT2D eigenvalue weighted by atomic mass is 10.1. The molecule has 1 aliphatic heterocycles. The maximum absolute atomic E-state index is 11.6. The van der Waals surface area contributed by atoms with Crippen LogP contribution in [-0.2, 0) is 18.3 Å². The van der Waals surface area contributed by atoms with Crippen LogP contribution in [0.1, 0.15) is 5.89 Å². The van der Waals surface area contributed by atoms with Gasteiger partial charge in [0.2, 0.25) is 17.6 Å². The van der Waals surface area contributed by atoms with Gasteiger partial charge in [0.25, 0.3) is 0 Å². The lowest BCUT2D eigenvalue weighted by Crippen LogP contribution is -2.53. The monoisotopic (exact) mass is 262 g/mol. The van der Waals surface area contributed by atoms with Crippen molar-refractivity contribution in [3.63, 3.8) is 0 Å². The molecule has 0 saturated carbocycles. The van der Waals surface area contributed by atoms with Crippen LogP contribution in [0.25, 0.3) is 11.5 Å². The molecule has 2 aromatic heterocycles. The molecule has 3 rings (SSSR count). The first-order chi connectivity index (χ1) is 9.24. The molecule has 1 aliphatic rings. The zero-order chi connectivity index (χ0) is 13.2. The van der Waals surface area contributed by atoms with E-state index in [9.17, 15) is 4.79 Å². The van der Waals surface area contributed by atoms with Gasteiger partial charge in [-0.1, -0.05) is 5.16 Å². The molecular weight excluding hydrogens is 248 g/mol. The summed E-state index contributed by atoms with van der Waals surface area (Å²) >= 11 is 0. The fourth-order valence-electron chi connectivity index (χ4n) is 2.00. The van der Waals surface area contributed by atoms with Gasteiger partial charge in [-0.3, -0.25) is 4.79 Å². The number of aromatic nitrogens is 4. The summed E-state index contributed by atoms with van der Waals surface area (Å²) < 4.78 is 6.98.